The summed E-state index contributed by atoms with van der Waals surface area (Å²) < 4.78 is 18.8. The fourth-order valence-electron chi connectivity index (χ4n) is 3.33. The number of rotatable bonds is 6. The van der Waals surface area contributed by atoms with E-state index >= 15 is 0 Å². The van der Waals surface area contributed by atoms with Crippen LogP contribution >= 0.6 is 0 Å². The number of H-pyrrole nitrogens is 1. The minimum Gasteiger partial charge on any atom is -0.378 e. The first-order chi connectivity index (χ1) is 15.1. The molecule has 1 fully saturated rings. The Kier molecular flexibility index (Phi) is 6.27. The summed E-state index contributed by atoms with van der Waals surface area (Å²) in [6, 6.07) is 6.67. The van der Waals surface area contributed by atoms with E-state index in [1.54, 1.807) is 12.1 Å². The summed E-state index contributed by atoms with van der Waals surface area (Å²) in [5.41, 5.74) is 1.04. The third-order valence-corrected chi connectivity index (χ3v) is 4.88. The van der Waals surface area contributed by atoms with Crippen LogP contribution in [-0.4, -0.2) is 52.1 Å². The number of nitrogens with one attached hydrogen (secondary N) is 2. The lowest BCUT2D eigenvalue weighted by Gasteiger charge is -2.27. The molecule has 1 amide bonds. The second-order valence-electron chi connectivity index (χ2n) is 7.03. The van der Waals surface area contributed by atoms with Crippen molar-refractivity contribution in [3.8, 4) is 0 Å². The maximum absolute atomic E-state index is 13.4. The van der Waals surface area contributed by atoms with Gasteiger partial charge in [0, 0.05) is 38.0 Å². The molecular weight excluding hydrogens is 403 g/mol. The van der Waals surface area contributed by atoms with E-state index in [4.69, 9.17) is 4.74 Å². The van der Waals surface area contributed by atoms with Gasteiger partial charge in [0.2, 0.25) is 5.95 Å². The average molecular weight is 424 g/mol. The van der Waals surface area contributed by atoms with Crippen molar-refractivity contribution in [1.82, 2.24) is 25.3 Å². The molecule has 1 saturated heterocycles. The van der Waals surface area contributed by atoms with Crippen molar-refractivity contribution < 1.29 is 13.9 Å². The molecule has 0 bridgehead atoms. The highest BCUT2D eigenvalue weighted by atomic mass is 19.1. The zero-order chi connectivity index (χ0) is 21.6. The van der Waals surface area contributed by atoms with Gasteiger partial charge in [0.1, 0.15) is 11.5 Å². The zero-order valence-electron chi connectivity index (χ0n) is 16.6. The van der Waals surface area contributed by atoms with E-state index in [9.17, 15) is 14.0 Å². The van der Waals surface area contributed by atoms with Crippen LogP contribution in [0.15, 0.2) is 53.7 Å². The van der Waals surface area contributed by atoms with Crippen molar-refractivity contribution in [3.63, 3.8) is 0 Å². The molecule has 1 aliphatic rings. The number of aromatic nitrogens is 4. The van der Waals surface area contributed by atoms with Crippen molar-refractivity contribution >= 4 is 11.9 Å². The predicted molar refractivity (Wildman–Crippen MR) is 110 cm³/mol. The maximum Gasteiger partial charge on any atom is 0.271 e. The minimum atomic E-state index is -0.554. The summed E-state index contributed by atoms with van der Waals surface area (Å²) in [6.45, 7) is 2.36. The van der Waals surface area contributed by atoms with Gasteiger partial charge >= 0.3 is 0 Å². The van der Waals surface area contributed by atoms with Crippen molar-refractivity contribution in [1.29, 1.82) is 0 Å². The Morgan fingerprint density at radius 2 is 2.00 bits per heavy atom. The molecule has 9 nitrogen and oxygen atoms in total. The first-order valence-electron chi connectivity index (χ1n) is 9.84. The topological polar surface area (TPSA) is 113 Å². The molecule has 3 aromatic rings. The quantitative estimate of drug-likeness (QED) is 0.612. The summed E-state index contributed by atoms with van der Waals surface area (Å²) in [4.78, 5) is 42.1. The Labute approximate surface area is 177 Å². The smallest absolute Gasteiger partial charge is 0.271 e. The number of aromatic amines is 1. The van der Waals surface area contributed by atoms with E-state index in [-0.39, 0.29) is 23.5 Å². The second kappa shape index (κ2) is 9.43. The van der Waals surface area contributed by atoms with Crippen LogP contribution in [0.25, 0.3) is 0 Å². The highest BCUT2D eigenvalue weighted by Gasteiger charge is 2.20. The van der Waals surface area contributed by atoms with Crippen LogP contribution in [0, 0.1) is 5.82 Å². The molecule has 4 rings (SSSR count). The number of anilines is 1. The molecule has 2 aromatic heterocycles. The lowest BCUT2D eigenvalue weighted by molar-refractivity contribution is 0.0930. The third kappa shape index (κ3) is 5.28. The van der Waals surface area contributed by atoms with Gasteiger partial charge in [0.25, 0.3) is 11.5 Å². The fraction of sp³-hybridized carbons (Fsp3) is 0.286. The first kappa shape index (κ1) is 20.6. The first-order valence-corrected chi connectivity index (χ1v) is 9.84. The Bertz CT molecular complexity index is 1080. The molecule has 3 heterocycles. The number of ether oxygens (including phenoxy) is 1. The Hall–Kier alpha value is -3.66. The molecule has 1 aliphatic heterocycles. The van der Waals surface area contributed by atoms with Crippen molar-refractivity contribution in [3.05, 3.63) is 82.0 Å². The normalized spacial score (nSPS) is 14.8. The number of hydrogen-bond acceptors (Lipinski definition) is 7. The average Bonchev–Trinajstić information content (AvgIpc) is 2.80. The lowest BCUT2D eigenvalue weighted by Crippen LogP contribution is -2.38. The van der Waals surface area contributed by atoms with E-state index in [0.29, 0.717) is 43.5 Å². The number of carbonyl (C=O) groups excluding carboxylic acids is 1. The van der Waals surface area contributed by atoms with Crippen LogP contribution in [-0.2, 0) is 11.2 Å². The SMILES string of the molecule is O=C(NC(Cc1cc(=O)[nH]c(N2CCOCC2)n1)c1ccc(F)cc1)c1cnccn1. The molecule has 10 heteroatoms. The second-order valence-corrected chi connectivity index (χ2v) is 7.03. The summed E-state index contributed by atoms with van der Waals surface area (Å²) in [7, 11) is 0. The number of nitrogens with zero attached hydrogens (tertiary/aromatic N) is 4. The molecule has 0 aliphatic carbocycles. The van der Waals surface area contributed by atoms with Gasteiger partial charge in [-0.05, 0) is 17.7 Å². The van der Waals surface area contributed by atoms with Gasteiger partial charge in [0.15, 0.2) is 0 Å². The summed E-state index contributed by atoms with van der Waals surface area (Å²) in [5, 5.41) is 2.89. The van der Waals surface area contributed by atoms with E-state index in [1.165, 1.54) is 36.8 Å². The monoisotopic (exact) mass is 424 g/mol. The van der Waals surface area contributed by atoms with Crippen molar-refractivity contribution in [2.24, 2.45) is 0 Å². The molecule has 1 atom stereocenters. The summed E-state index contributed by atoms with van der Waals surface area (Å²) in [5.74, 6) is -0.351. The largest absolute Gasteiger partial charge is 0.378 e. The Morgan fingerprint density at radius 1 is 1.23 bits per heavy atom. The number of morpholine rings is 1. The van der Waals surface area contributed by atoms with Crippen LogP contribution in [0.4, 0.5) is 10.3 Å². The third-order valence-electron chi connectivity index (χ3n) is 4.88. The van der Waals surface area contributed by atoms with E-state index < -0.39 is 11.9 Å². The van der Waals surface area contributed by atoms with Gasteiger partial charge in [-0.3, -0.25) is 19.6 Å². The van der Waals surface area contributed by atoms with Gasteiger partial charge in [-0.1, -0.05) is 12.1 Å². The van der Waals surface area contributed by atoms with Crippen LogP contribution in [0.1, 0.15) is 27.8 Å². The highest BCUT2D eigenvalue weighted by molar-refractivity contribution is 5.92. The van der Waals surface area contributed by atoms with Crippen LogP contribution in [0.3, 0.4) is 0 Å². The molecule has 2 N–H and O–H groups in total. The number of carbonyl (C=O) groups is 1. The molecular formula is C21H21FN6O3. The maximum atomic E-state index is 13.4. The van der Waals surface area contributed by atoms with Crippen LogP contribution < -0.4 is 15.8 Å². The van der Waals surface area contributed by atoms with Gasteiger partial charge in [0.05, 0.1) is 31.1 Å². The molecule has 0 spiro atoms. The van der Waals surface area contributed by atoms with Crippen LogP contribution in [0.5, 0.6) is 0 Å². The standard InChI is InChI=1S/C21H21FN6O3/c22-15-3-1-14(2-4-15)17(26-20(30)18-13-23-5-6-24-18)11-16-12-19(29)27-21(25-16)28-7-9-31-10-8-28/h1-6,12-13,17H,7-11H2,(H,26,30)(H,25,27,29). The van der Waals surface area contributed by atoms with Crippen molar-refractivity contribution in [2.45, 2.75) is 12.5 Å². The number of benzene rings is 1. The number of hydrogen-bond donors (Lipinski definition) is 2. The molecule has 31 heavy (non-hydrogen) atoms. The summed E-state index contributed by atoms with van der Waals surface area (Å²) in [6.07, 6.45) is 4.49. The fourth-order valence-corrected chi connectivity index (χ4v) is 3.33. The predicted octanol–water partition coefficient (Wildman–Crippen LogP) is 1.25. The Balaban J connectivity index is 1.61. The van der Waals surface area contributed by atoms with Gasteiger partial charge in [-0.25, -0.2) is 14.4 Å². The molecule has 1 aromatic carbocycles. The molecule has 0 radical (unpaired) electrons. The number of halogens is 1. The highest BCUT2D eigenvalue weighted by Crippen LogP contribution is 2.19. The Morgan fingerprint density at radius 3 is 2.71 bits per heavy atom. The van der Waals surface area contributed by atoms with Gasteiger partial charge in [-0.15, -0.1) is 0 Å². The van der Waals surface area contributed by atoms with Crippen LogP contribution in [0.2, 0.25) is 0 Å². The van der Waals surface area contributed by atoms with E-state index in [1.807, 2.05) is 4.90 Å². The molecule has 0 saturated carbocycles. The van der Waals surface area contributed by atoms with E-state index in [2.05, 4.69) is 25.3 Å². The molecule has 160 valence electrons. The minimum absolute atomic E-state index is 0.155. The van der Waals surface area contributed by atoms with E-state index in [0.717, 1.165) is 0 Å². The van der Waals surface area contributed by atoms with Gasteiger partial charge < -0.3 is 15.0 Å². The molecule has 1 unspecified atom stereocenters. The van der Waals surface area contributed by atoms with Gasteiger partial charge in [-0.2, -0.15) is 0 Å². The summed E-state index contributed by atoms with van der Waals surface area (Å²) >= 11 is 0. The zero-order valence-corrected chi connectivity index (χ0v) is 16.6. The number of amides is 1. The van der Waals surface area contributed by atoms with Crippen molar-refractivity contribution in [2.75, 3.05) is 31.2 Å². The lowest BCUT2D eigenvalue weighted by atomic mass is 10.0.